The molecular weight excluding hydrogens is 222 g/mol. The van der Waals surface area contributed by atoms with E-state index in [1.54, 1.807) is 26.8 Å². The molecule has 0 saturated heterocycles. The van der Waals surface area contributed by atoms with Gasteiger partial charge >= 0.3 is 6.09 Å². The van der Waals surface area contributed by atoms with Gasteiger partial charge in [0, 0.05) is 0 Å². The third-order valence-corrected chi connectivity index (χ3v) is 3.09. The molecule has 17 heavy (non-hydrogen) atoms. The van der Waals surface area contributed by atoms with Crippen LogP contribution in [0, 0.1) is 0 Å². The molecule has 96 valence electrons. The highest BCUT2D eigenvalue weighted by molar-refractivity contribution is 5.69. The van der Waals surface area contributed by atoms with Crippen molar-refractivity contribution in [1.29, 1.82) is 0 Å². The van der Waals surface area contributed by atoms with E-state index in [1.807, 2.05) is 0 Å². The average molecular weight is 241 g/mol. The van der Waals surface area contributed by atoms with Crippen LogP contribution in [0.5, 0.6) is 0 Å². The standard InChI is InChI=1S/C12H19NO4/c1-11(2,3)17-10(15)13-12(6-4-7-12)9(14)5-8-16-13/h5,14H,4,6-8H2,1-3H3. The Kier molecular flexibility index (Phi) is 2.81. The van der Waals surface area contributed by atoms with Crippen LogP contribution in [0.25, 0.3) is 0 Å². The third-order valence-electron chi connectivity index (χ3n) is 3.09. The Balaban J connectivity index is 2.15. The molecule has 5 heteroatoms. The number of hydrogen-bond donors (Lipinski definition) is 1. The molecule has 0 aromatic carbocycles. The molecule has 0 atom stereocenters. The van der Waals surface area contributed by atoms with Crippen LogP contribution in [0.4, 0.5) is 4.79 Å². The van der Waals surface area contributed by atoms with Crippen molar-refractivity contribution < 1.29 is 19.5 Å². The predicted octanol–water partition coefficient (Wildman–Crippen LogP) is 2.53. The third kappa shape index (κ3) is 2.11. The first-order valence-corrected chi connectivity index (χ1v) is 5.91. The fourth-order valence-corrected chi connectivity index (χ4v) is 2.11. The molecule has 2 rings (SSSR count). The van der Waals surface area contributed by atoms with E-state index in [9.17, 15) is 9.90 Å². The molecule has 5 nitrogen and oxygen atoms in total. The average Bonchev–Trinajstić information content (AvgIpc) is 2.11. The van der Waals surface area contributed by atoms with Gasteiger partial charge in [-0.15, -0.1) is 0 Å². The van der Waals surface area contributed by atoms with Crippen LogP contribution in [0.2, 0.25) is 0 Å². The Labute approximate surface area is 101 Å². The Morgan fingerprint density at radius 2 is 2.18 bits per heavy atom. The molecule has 0 unspecified atom stereocenters. The number of aliphatic hydroxyl groups is 1. The molecule has 1 fully saturated rings. The highest BCUT2D eigenvalue weighted by atomic mass is 16.7. The van der Waals surface area contributed by atoms with Gasteiger partial charge in [0.15, 0.2) is 0 Å². The number of nitrogens with zero attached hydrogens (tertiary/aromatic N) is 1. The first-order valence-electron chi connectivity index (χ1n) is 5.91. The largest absolute Gasteiger partial charge is 0.510 e. The molecule has 2 aliphatic rings. The topological polar surface area (TPSA) is 59.0 Å². The van der Waals surface area contributed by atoms with Crippen molar-refractivity contribution in [2.45, 2.75) is 51.2 Å². The fourth-order valence-electron chi connectivity index (χ4n) is 2.11. The summed E-state index contributed by atoms with van der Waals surface area (Å²) in [4.78, 5) is 17.3. The molecule has 1 aliphatic carbocycles. The molecule has 0 radical (unpaired) electrons. The normalized spacial score (nSPS) is 23.0. The van der Waals surface area contributed by atoms with Gasteiger partial charge in [0.25, 0.3) is 0 Å². The summed E-state index contributed by atoms with van der Waals surface area (Å²) >= 11 is 0. The van der Waals surface area contributed by atoms with Crippen molar-refractivity contribution in [2.75, 3.05) is 6.61 Å². The lowest BCUT2D eigenvalue weighted by atomic mass is 9.74. The van der Waals surface area contributed by atoms with Gasteiger partial charge in [0.05, 0.1) is 6.61 Å². The van der Waals surface area contributed by atoms with E-state index in [0.29, 0.717) is 12.8 Å². The van der Waals surface area contributed by atoms with E-state index < -0.39 is 17.2 Å². The number of amides is 1. The second-order valence-electron chi connectivity index (χ2n) is 5.54. The molecule has 1 amide bonds. The zero-order chi connectivity index (χ0) is 12.7. The van der Waals surface area contributed by atoms with Gasteiger partial charge < -0.3 is 9.84 Å². The summed E-state index contributed by atoms with van der Waals surface area (Å²) in [6, 6.07) is 0. The van der Waals surface area contributed by atoms with Crippen LogP contribution in [0.3, 0.4) is 0 Å². The molecule has 0 aromatic heterocycles. The molecule has 1 saturated carbocycles. The molecule has 0 aromatic rings. The lowest BCUT2D eigenvalue weighted by Crippen LogP contribution is -2.59. The summed E-state index contributed by atoms with van der Waals surface area (Å²) in [5, 5.41) is 11.1. The molecule has 1 aliphatic heterocycles. The van der Waals surface area contributed by atoms with Gasteiger partial charge in [0.1, 0.15) is 16.9 Å². The van der Waals surface area contributed by atoms with Gasteiger partial charge in [-0.3, -0.25) is 4.84 Å². The van der Waals surface area contributed by atoms with Crippen LogP contribution in [-0.2, 0) is 9.57 Å². The molecule has 1 heterocycles. The smallest absolute Gasteiger partial charge is 0.435 e. The van der Waals surface area contributed by atoms with E-state index in [2.05, 4.69) is 0 Å². The number of rotatable bonds is 0. The highest BCUT2D eigenvalue weighted by Crippen LogP contribution is 2.44. The summed E-state index contributed by atoms with van der Waals surface area (Å²) < 4.78 is 5.28. The summed E-state index contributed by atoms with van der Waals surface area (Å²) in [6.45, 7) is 5.61. The minimum Gasteiger partial charge on any atom is -0.510 e. The number of hydroxylamine groups is 2. The van der Waals surface area contributed by atoms with Crippen molar-refractivity contribution >= 4 is 6.09 Å². The van der Waals surface area contributed by atoms with Crippen molar-refractivity contribution in [3.05, 3.63) is 11.8 Å². The lowest BCUT2D eigenvalue weighted by Gasteiger charge is -2.49. The van der Waals surface area contributed by atoms with E-state index in [4.69, 9.17) is 9.57 Å². The second kappa shape index (κ2) is 3.91. The van der Waals surface area contributed by atoms with E-state index in [1.165, 1.54) is 5.06 Å². The Morgan fingerprint density at radius 1 is 1.53 bits per heavy atom. The summed E-state index contributed by atoms with van der Waals surface area (Å²) in [6.07, 6.45) is 3.49. The molecule has 0 bridgehead atoms. The van der Waals surface area contributed by atoms with Gasteiger partial charge in [-0.2, -0.15) is 5.06 Å². The van der Waals surface area contributed by atoms with Crippen LogP contribution in [-0.4, -0.2) is 34.0 Å². The Hall–Kier alpha value is -1.23. The van der Waals surface area contributed by atoms with Gasteiger partial charge in [0.2, 0.25) is 0 Å². The highest BCUT2D eigenvalue weighted by Gasteiger charge is 2.52. The second-order valence-corrected chi connectivity index (χ2v) is 5.54. The number of ether oxygens (including phenoxy) is 1. The summed E-state index contributed by atoms with van der Waals surface area (Å²) in [5.41, 5.74) is -1.25. The maximum Gasteiger partial charge on any atom is 0.435 e. The zero-order valence-corrected chi connectivity index (χ0v) is 10.5. The number of carbonyl (C=O) groups is 1. The van der Waals surface area contributed by atoms with E-state index in [0.717, 1.165) is 6.42 Å². The minimum atomic E-state index is -0.680. The number of carbonyl (C=O) groups excluding carboxylic acids is 1. The first-order chi connectivity index (χ1) is 7.85. The van der Waals surface area contributed by atoms with Crippen LogP contribution in [0.15, 0.2) is 11.8 Å². The minimum absolute atomic E-state index is 0.201. The van der Waals surface area contributed by atoms with Crippen LogP contribution >= 0.6 is 0 Å². The molecule has 1 spiro atoms. The van der Waals surface area contributed by atoms with E-state index in [-0.39, 0.29) is 12.4 Å². The Bertz CT molecular complexity index is 352. The number of hydrogen-bond acceptors (Lipinski definition) is 4. The zero-order valence-electron chi connectivity index (χ0n) is 10.5. The van der Waals surface area contributed by atoms with Crippen molar-refractivity contribution in [2.24, 2.45) is 0 Å². The van der Waals surface area contributed by atoms with Gasteiger partial charge in [-0.05, 0) is 46.1 Å². The first kappa shape index (κ1) is 12.2. The summed E-state index contributed by atoms with van der Waals surface area (Å²) in [5.74, 6) is 0.223. The van der Waals surface area contributed by atoms with Crippen LogP contribution < -0.4 is 0 Å². The monoisotopic (exact) mass is 241 g/mol. The predicted molar refractivity (Wildman–Crippen MR) is 61.3 cm³/mol. The quantitative estimate of drug-likeness (QED) is 0.708. The maximum absolute atomic E-state index is 12.0. The fraction of sp³-hybridized carbons (Fsp3) is 0.750. The van der Waals surface area contributed by atoms with Crippen molar-refractivity contribution in [1.82, 2.24) is 5.06 Å². The Morgan fingerprint density at radius 3 is 2.65 bits per heavy atom. The number of aliphatic hydroxyl groups excluding tert-OH is 1. The van der Waals surface area contributed by atoms with Gasteiger partial charge in [-0.1, -0.05) is 0 Å². The lowest BCUT2D eigenvalue weighted by molar-refractivity contribution is -0.222. The molecular formula is C12H19NO4. The van der Waals surface area contributed by atoms with Crippen LogP contribution in [0.1, 0.15) is 40.0 Å². The van der Waals surface area contributed by atoms with Gasteiger partial charge in [-0.25, -0.2) is 4.79 Å². The maximum atomic E-state index is 12.0. The van der Waals surface area contributed by atoms with E-state index >= 15 is 0 Å². The SMILES string of the molecule is CC(C)(C)OC(=O)N1OCC=C(O)C12CCC2. The molecule has 1 N–H and O–H groups in total. The van der Waals surface area contributed by atoms with Crippen molar-refractivity contribution in [3.8, 4) is 0 Å². The van der Waals surface area contributed by atoms with Crippen molar-refractivity contribution in [3.63, 3.8) is 0 Å². The summed E-state index contributed by atoms with van der Waals surface area (Å²) in [7, 11) is 0.